The van der Waals surface area contributed by atoms with Crippen LogP contribution in [-0.2, 0) is 16.0 Å². The van der Waals surface area contributed by atoms with Gasteiger partial charge >= 0.3 is 5.97 Å². The minimum Gasteiger partial charge on any atom is -0.459 e. The molecule has 1 aliphatic rings. The van der Waals surface area contributed by atoms with E-state index in [9.17, 15) is 9.59 Å². The van der Waals surface area contributed by atoms with E-state index >= 15 is 0 Å². The number of fused-ring (bicyclic) bond motifs is 1. The van der Waals surface area contributed by atoms with Gasteiger partial charge in [-0.05, 0) is 51.3 Å². The Labute approximate surface area is 117 Å². The predicted octanol–water partition coefficient (Wildman–Crippen LogP) is 3.43. The van der Waals surface area contributed by atoms with E-state index in [4.69, 9.17) is 16.3 Å². The number of benzene rings is 1. The van der Waals surface area contributed by atoms with Crippen molar-refractivity contribution in [3.63, 3.8) is 0 Å². The molecule has 1 atom stereocenters. The molecule has 1 aromatic carbocycles. The number of carbonyl (C=O) groups is 2. The summed E-state index contributed by atoms with van der Waals surface area (Å²) in [5.41, 5.74) is 0.926. The smallest absolute Gasteiger partial charge is 0.317 e. The topological polar surface area (TPSA) is 43.4 Å². The number of halogens is 1. The lowest BCUT2D eigenvalue weighted by Crippen LogP contribution is -2.35. The molecule has 1 unspecified atom stereocenters. The van der Waals surface area contributed by atoms with Gasteiger partial charge in [-0.1, -0.05) is 17.7 Å². The van der Waals surface area contributed by atoms with Crippen LogP contribution < -0.4 is 0 Å². The molecule has 0 saturated carbocycles. The Balaban J connectivity index is 2.24. The summed E-state index contributed by atoms with van der Waals surface area (Å²) in [6.45, 7) is 5.38. The summed E-state index contributed by atoms with van der Waals surface area (Å²) < 4.78 is 5.30. The van der Waals surface area contributed by atoms with E-state index in [0.29, 0.717) is 23.4 Å². The van der Waals surface area contributed by atoms with Gasteiger partial charge in [-0.15, -0.1) is 0 Å². The summed E-state index contributed by atoms with van der Waals surface area (Å²) in [5.74, 6) is -1.33. The van der Waals surface area contributed by atoms with Crippen LogP contribution in [0.15, 0.2) is 18.2 Å². The van der Waals surface area contributed by atoms with Crippen molar-refractivity contribution in [2.45, 2.75) is 39.2 Å². The maximum atomic E-state index is 12.3. The van der Waals surface area contributed by atoms with Crippen molar-refractivity contribution in [2.24, 2.45) is 5.92 Å². The fourth-order valence-electron chi connectivity index (χ4n) is 2.21. The number of carbonyl (C=O) groups excluding carboxylic acids is 2. The van der Waals surface area contributed by atoms with Gasteiger partial charge in [0.25, 0.3) is 0 Å². The predicted molar refractivity (Wildman–Crippen MR) is 73.4 cm³/mol. The average molecular weight is 281 g/mol. The largest absolute Gasteiger partial charge is 0.459 e. The Morgan fingerprint density at radius 2 is 2.05 bits per heavy atom. The first-order valence-electron chi connectivity index (χ1n) is 6.33. The molecular weight excluding hydrogens is 264 g/mol. The molecule has 0 bridgehead atoms. The van der Waals surface area contributed by atoms with Crippen LogP contribution >= 0.6 is 11.6 Å². The zero-order valence-electron chi connectivity index (χ0n) is 11.3. The van der Waals surface area contributed by atoms with E-state index in [0.717, 1.165) is 5.56 Å². The SMILES string of the molecule is CC(C)(C)OC(=O)C1CCc2ccc(Cl)cc2C1=O. The van der Waals surface area contributed by atoms with Gasteiger partial charge in [0.15, 0.2) is 5.78 Å². The molecule has 19 heavy (non-hydrogen) atoms. The van der Waals surface area contributed by atoms with Crippen molar-refractivity contribution < 1.29 is 14.3 Å². The maximum absolute atomic E-state index is 12.3. The van der Waals surface area contributed by atoms with Crippen LogP contribution in [0, 0.1) is 5.92 Å². The number of Topliss-reactive ketones (excluding diaryl/α,β-unsaturated/α-hetero) is 1. The molecule has 0 heterocycles. The summed E-state index contributed by atoms with van der Waals surface area (Å²) >= 11 is 5.91. The first-order valence-corrected chi connectivity index (χ1v) is 6.71. The first kappa shape index (κ1) is 14.1. The van der Waals surface area contributed by atoms with Gasteiger partial charge in [0, 0.05) is 10.6 Å². The van der Waals surface area contributed by atoms with Gasteiger partial charge < -0.3 is 4.74 Å². The molecule has 0 aliphatic heterocycles. The number of ether oxygens (including phenoxy) is 1. The van der Waals surface area contributed by atoms with E-state index in [1.54, 1.807) is 32.9 Å². The summed E-state index contributed by atoms with van der Waals surface area (Å²) in [6.07, 6.45) is 1.20. The van der Waals surface area contributed by atoms with Crippen molar-refractivity contribution >= 4 is 23.4 Å². The molecule has 4 heteroatoms. The number of hydrogen-bond donors (Lipinski definition) is 0. The molecule has 0 amide bonds. The Morgan fingerprint density at radius 1 is 1.37 bits per heavy atom. The second-order valence-corrected chi connectivity index (χ2v) is 6.23. The normalized spacial score (nSPS) is 18.9. The number of esters is 1. The molecular formula is C15H17ClO3. The molecule has 0 N–H and O–H groups in total. The van der Waals surface area contributed by atoms with Gasteiger partial charge in [-0.25, -0.2) is 0 Å². The molecule has 1 aliphatic carbocycles. The Morgan fingerprint density at radius 3 is 2.68 bits per heavy atom. The summed E-state index contributed by atoms with van der Waals surface area (Å²) in [4.78, 5) is 24.4. The highest BCUT2D eigenvalue weighted by Crippen LogP contribution is 2.29. The monoisotopic (exact) mass is 280 g/mol. The first-order chi connectivity index (χ1) is 8.78. The molecule has 0 fully saturated rings. The molecule has 0 saturated heterocycles. The van der Waals surface area contributed by atoms with Crippen molar-refractivity contribution in [1.29, 1.82) is 0 Å². The Kier molecular flexibility index (Phi) is 3.68. The lowest BCUT2D eigenvalue weighted by Gasteiger charge is -2.26. The van der Waals surface area contributed by atoms with Gasteiger partial charge in [-0.2, -0.15) is 0 Å². The number of ketones is 1. The van der Waals surface area contributed by atoms with E-state index in [-0.39, 0.29) is 5.78 Å². The lowest BCUT2D eigenvalue weighted by atomic mass is 9.83. The van der Waals surface area contributed by atoms with Crippen molar-refractivity contribution in [1.82, 2.24) is 0 Å². The van der Waals surface area contributed by atoms with Crippen LogP contribution in [0.3, 0.4) is 0 Å². The summed E-state index contributed by atoms with van der Waals surface area (Å²) in [7, 11) is 0. The zero-order valence-corrected chi connectivity index (χ0v) is 12.1. The second-order valence-electron chi connectivity index (χ2n) is 5.79. The Hall–Kier alpha value is -1.35. The van der Waals surface area contributed by atoms with Crippen LogP contribution in [0.4, 0.5) is 0 Å². The summed E-state index contributed by atoms with van der Waals surface area (Å²) in [5, 5.41) is 0.511. The quantitative estimate of drug-likeness (QED) is 0.585. The van der Waals surface area contributed by atoms with E-state index < -0.39 is 17.5 Å². The van der Waals surface area contributed by atoms with Crippen LogP contribution in [0.5, 0.6) is 0 Å². The third kappa shape index (κ3) is 3.16. The molecule has 2 rings (SSSR count). The minimum absolute atomic E-state index is 0.182. The molecule has 3 nitrogen and oxygen atoms in total. The van der Waals surface area contributed by atoms with E-state index in [2.05, 4.69) is 0 Å². The fourth-order valence-corrected chi connectivity index (χ4v) is 2.38. The minimum atomic E-state index is -0.704. The van der Waals surface area contributed by atoms with Gasteiger partial charge in [0.05, 0.1) is 0 Å². The second kappa shape index (κ2) is 4.97. The van der Waals surface area contributed by atoms with Gasteiger partial charge in [0.2, 0.25) is 0 Å². The van der Waals surface area contributed by atoms with E-state index in [1.165, 1.54) is 0 Å². The molecule has 0 aromatic heterocycles. The zero-order chi connectivity index (χ0) is 14.2. The van der Waals surface area contributed by atoms with Crippen molar-refractivity contribution in [3.8, 4) is 0 Å². The average Bonchev–Trinajstić information content (AvgIpc) is 2.28. The van der Waals surface area contributed by atoms with E-state index in [1.807, 2.05) is 6.07 Å². The standard InChI is InChI=1S/C15H17ClO3/c1-15(2,3)19-14(18)11-7-5-9-4-6-10(16)8-12(9)13(11)17/h4,6,8,11H,5,7H2,1-3H3. The van der Waals surface area contributed by atoms with Crippen LogP contribution in [0.1, 0.15) is 43.1 Å². The highest BCUT2D eigenvalue weighted by atomic mass is 35.5. The van der Waals surface area contributed by atoms with Crippen molar-refractivity contribution in [2.75, 3.05) is 0 Å². The molecule has 1 aromatic rings. The van der Waals surface area contributed by atoms with Gasteiger partial charge in [-0.3, -0.25) is 9.59 Å². The molecule has 102 valence electrons. The van der Waals surface area contributed by atoms with Crippen LogP contribution in [0.2, 0.25) is 5.02 Å². The van der Waals surface area contributed by atoms with Crippen LogP contribution in [0.25, 0.3) is 0 Å². The number of hydrogen-bond acceptors (Lipinski definition) is 3. The lowest BCUT2D eigenvalue weighted by molar-refractivity contribution is -0.158. The maximum Gasteiger partial charge on any atom is 0.317 e. The van der Waals surface area contributed by atoms with Crippen molar-refractivity contribution in [3.05, 3.63) is 34.3 Å². The third-order valence-electron chi connectivity index (χ3n) is 3.05. The third-order valence-corrected chi connectivity index (χ3v) is 3.28. The Bertz CT molecular complexity index is 529. The highest BCUT2D eigenvalue weighted by Gasteiger charge is 2.35. The fraction of sp³-hybridized carbons (Fsp3) is 0.467. The molecule has 0 radical (unpaired) electrons. The highest BCUT2D eigenvalue weighted by molar-refractivity contribution is 6.31. The number of aryl methyl sites for hydroxylation is 1. The summed E-state index contributed by atoms with van der Waals surface area (Å²) in [6, 6.07) is 5.25. The van der Waals surface area contributed by atoms with Crippen LogP contribution in [-0.4, -0.2) is 17.4 Å². The van der Waals surface area contributed by atoms with Gasteiger partial charge in [0.1, 0.15) is 11.5 Å². The molecule has 0 spiro atoms. The number of rotatable bonds is 1.